The van der Waals surface area contributed by atoms with Crippen LogP contribution in [0.3, 0.4) is 0 Å². The highest BCUT2D eigenvalue weighted by atomic mass is 19.1. The van der Waals surface area contributed by atoms with E-state index in [9.17, 15) is 14.3 Å². The number of halogens is 1. The molecule has 2 N–H and O–H groups in total. The zero-order valence-electron chi connectivity index (χ0n) is 12.3. The molecule has 1 fully saturated rings. The average Bonchev–Trinajstić information content (AvgIpc) is 2.58. The standard InChI is InChI=1S/C17H16FNO4/c18-13-5-2-1-4-12(13)16(21)19-14-10-11(6-7-15(14)20)17-22-8-3-9-23-17/h1-2,4-7,10,17,20H,3,8-9H2,(H,19,21). The van der Waals surface area contributed by atoms with Crippen LogP contribution in [-0.2, 0) is 9.47 Å². The normalized spacial score (nSPS) is 15.3. The Morgan fingerprint density at radius 3 is 2.65 bits per heavy atom. The molecule has 5 nitrogen and oxygen atoms in total. The van der Waals surface area contributed by atoms with Gasteiger partial charge in [0.2, 0.25) is 0 Å². The summed E-state index contributed by atoms with van der Waals surface area (Å²) in [6.45, 7) is 1.17. The van der Waals surface area contributed by atoms with Crippen molar-refractivity contribution in [1.29, 1.82) is 0 Å². The number of anilines is 1. The van der Waals surface area contributed by atoms with Crippen molar-refractivity contribution in [1.82, 2.24) is 0 Å². The van der Waals surface area contributed by atoms with E-state index >= 15 is 0 Å². The van der Waals surface area contributed by atoms with E-state index in [4.69, 9.17) is 9.47 Å². The lowest BCUT2D eigenvalue weighted by atomic mass is 10.1. The van der Waals surface area contributed by atoms with Gasteiger partial charge in [-0.3, -0.25) is 4.79 Å². The van der Waals surface area contributed by atoms with E-state index in [2.05, 4.69) is 5.32 Å². The van der Waals surface area contributed by atoms with Crippen LogP contribution in [0.4, 0.5) is 10.1 Å². The Labute approximate surface area is 132 Å². The maximum Gasteiger partial charge on any atom is 0.258 e. The smallest absolute Gasteiger partial charge is 0.258 e. The van der Waals surface area contributed by atoms with Gasteiger partial charge in [-0.1, -0.05) is 18.2 Å². The molecule has 1 saturated heterocycles. The molecule has 0 unspecified atom stereocenters. The predicted molar refractivity (Wildman–Crippen MR) is 81.7 cm³/mol. The van der Waals surface area contributed by atoms with E-state index in [-0.39, 0.29) is 17.0 Å². The molecule has 0 aliphatic carbocycles. The first kappa shape index (κ1) is 15.5. The minimum atomic E-state index is -0.638. The molecule has 2 aromatic rings. The molecule has 1 amide bonds. The number of nitrogens with one attached hydrogen (secondary N) is 1. The first-order valence-corrected chi connectivity index (χ1v) is 7.27. The SMILES string of the molecule is O=C(Nc1cc(C2OCCCO2)ccc1O)c1ccccc1F. The summed E-state index contributed by atoms with van der Waals surface area (Å²) in [6.07, 6.45) is 0.291. The molecule has 3 rings (SSSR count). The highest BCUT2D eigenvalue weighted by Gasteiger charge is 2.19. The summed E-state index contributed by atoms with van der Waals surface area (Å²) >= 11 is 0. The van der Waals surface area contributed by atoms with Crippen molar-refractivity contribution in [3.8, 4) is 5.75 Å². The van der Waals surface area contributed by atoms with Crippen molar-refractivity contribution in [3.05, 3.63) is 59.4 Å². The Morgan fingerprint density at radius 2 is 1.91 bits per heavy atom. The number of rotatable bonds is 3. The summed E-state index contributed by atoms with van der Waals surface area (Å²) in [5.41, 5.74) is 0.752. The number of benzene rings is 2. The van der Waals surface area contributed by atoms with Gasteiger partial charge in [0.1, 0.15) is 11.6 Å². The van der Waals surface area contributed by atoms with Crippen molar-refractivity contribution in [3.63, 3.8) is 0 Å². The fourth-order valence-electron chi connectivity index (χ4n) is 2.32. The first-order valence-electron chi connectivity index (χ1n) is 7.27. The largest absolute Gasteiger partial charge is 0.506 e. The van der Waals surface area contributed by atoms with Crippen LogP contribution in [0.15, 0.2) is 42.5 Å². The van der Waals surface area contributed by atoms with Gasteiger partial charge in [0.25, 0.3) is 5.91 Å². The van der Waals surface area contributed by atoms with Gasteiger partial charge in [-0.25, -0.2) is 4.39 Å². The zero-order chi connectivity index (χ0) is 16.2. The van der Waals surface area contributed by atoms with Crippen LogP contribution in [0.2, 0.25) is 0 Å². The molecule has 6 heteroatoms. The number of ether oxygens (including phenoxy) is 2. The van der Waals surface area contributed by atoms with Gasteiger partial charge in [-0.2, -0.15) is 0 Å². The number of hydrogen-bond acceptors (Lipinski definition) is 4. The van der Waals surface area contributed by atoms with Crippen molar-refractivity contribution < 1.29 is 23.8 Å². The summed E-state index contributed by atoms with van der Waals surface area (Å²) in [5, 5.41) is 12.4. The molecule has 1 aliphatic rings. The van der Waals surface area contributed by atoms with Crippen molar-refractivity contribution in [2.75, 3.05) is 18.5 Å². The van der Waals surface area contributed by atoms with Crippen molar-refractivity contribution >= 4 is 11.6 Å². The number of amides is 1. The number of phenols is 1. The van der Waals surface area contributed by atoms with Crippen LogP contribution in [0.25, 0.3) is 0 Å². The lowest BCUT2D eigenvalue weighted by Gasteiger charge is -2.24. The van der Waals surface area contributed by atoms with Gasteiger partial charge in [0.15, 0.2) is 6.29 Å². The molecular formula is C17H16FNO4. The molecular weight excluding hydrogens is 301 g/mol. The van der Waals surface area contributed by atoms with Gasteiger partial charge < -0.3 is 19.9 Å². The van der Waals surface area contributed by atoms with Gasteiger partial charge in [-0.15, -0.1) is 0 Å². The molecule has 0 saturated carbocycles. The highest BCUT2D eigenvalue weighted by Crippen LogP contribution is 2.30. The van der Waals surface area contributed by atoms with Crippen LogP contribution >= 0.6 is 0 Å². The monoisotopic (exact) mass is 317 g/mol. The topological polar surface area (TPSA) is 67.8 Å². The number of carbonyl (C=O) groups is 1. The average molecular weight is 317 g/mol. The lowest BCUT2D eigenvalue weighted by Crippen LogP contribution is -2.18. The molecule has 0 spiro atoms. The fraction of sp³-hybridized carbons (Fsp3) is 0.235. The molecule has 2 aromatic carbocycles. The second kappa shape index (κ2) is 6.76. The molecule has 23 heavy (non-hydrogen) atoms. The Morgan fingerprint density at radius 1 is 1.17 bits per heavy atom. The highest BCUT2D eigenvalue weighted by molar-refractivity contribution is 6.05. The number of carbonyl (C=O) groups excluding carboxylic acids is 1. The Bertz CT molecular complexity index is 713. The van der Waals surface area contributed by atoms with E-state index in [1.165, 1.54) is 24.3 Å². The summed E-state index contributed by atoms with van der Waals surface area (Å²) in [7, 11) is 0. The lowest BCUT2D eigenvalue weighted by molar-refractivity contribution is -0.183. The van der Waals surface area contributed by atoms with Crippen LogP contribution in [0, 0.1) is 5.82 Å². The third kappa shape index (κ3) is 3.49. The molecule has 0 aromatic heterocycles. The molecule has 1 heterocycles. The van der Waals surface area contributed by atoms with E-state index in [0.29, 0.717) is 18.8 Å². The summed E-state index contributed by atoms with van der Waals surface area (Å²) in [5.74, 6) is -1.38. The Balaban J connectivity index is 1.82. The molecule has 0 bridgehead atoms. The maximum absolute atomic E-state index is 13.7. The number of aromatic hydroxyl groups is 1. The van der Waals surface area contributed by atoms with Crippen molar-refractivity contribution in [2.45, 2.75) is 12.7 Å². The molecule has 120 valence electrons. The minimum absolute atomic E-state index is 0.0949. The minimum Gasteiger partial charge on any atom is -0.506 e. The van der Waals surface area contributed by atoms with Gasteiger partial charge in [0.05, 0.1) is 24.5 Å². The molecule has 0 atom stereocenters. The van der Waals surface area contributed by atoms with Gasteiger partial charge in [0, 0.05) is 5.56 Å². The fourth-order valence-corrected chi connectivity index (χ4v) is 2.32. The first-order chi connectivity index (χ1) is 11.1. The predicted octanol–water partition coefficient (Wildman–Crippen LogP) is 3.22. The van der Waals surface area contributed by atoms with Gasteiger partial charge >= 0.3 is 0 Å². The van der Waals surface area contributed by atoms with Crippen molar-refractivity contribution in [2.24, 2.45) is 0 Å². The van der Waals surface area contributed by atoms with E-state index in [1.54, 1.807) is 18.2 Å². The molecule has 1 aliphatic heterocycles. The van der Waals surface area contributed by atoms with E-state index in [0.717, 1.165) is 6.42 Å². The number of hydrogen-bond donors (Lipinski definition) is 2. The van der Waals surface area contributed by atoms with Gasteiger partial charge in [-0.05, 0) is 30.7 Å². The maximum atomic E-state index is 13.7. The second-order valence-corrected chi connectivity index (χ2v) is 5.14. The van der Waals surface area contributed by atoms with Crippen LogP contribution in [0.5, 0.6) is 5.75 Å². The van der Waals surface area contributed by atoms with E-state index in [1.807, 2.05) is 0 Å². The third-order valence-corrected chi connectivity index (χ3v) is 3.49. The third-order valence-electron chi connectivity index (χ3n) is 3.49. The van der Waals surface area contributed by atoms with Crippen LogP contribution < -0.4 is 5.32 Å². The van der Waals surface area contributed by atoms with E-state index < -0.39 is 18.0 Å². The number of phenolic OH excluding ortho intramolecular Hbond substituents is 1. The van der Waals surface area contributed by atoms with Crippen LogP contribution in [0.1, 0.15) is 28.6 Å². The summed E-state index contributed by atoms with van der Waals surface area (Å²) < 4.78 is 24.6. The molecule has 0 radical (unpaired) electrons. The summed E-state index contributed by atoms with van der Waals surface area (Å²) in [4.78, 5) is 12.1. The Hall–Kier alpha value is -2.44. The quantitative estimate of drug-likeness (QED) is 0.853. The summed E-state index contributed by atoms with van der Waals surface area (Å²) in [6, 6.07) is 10.3. The Kier molecular flexibility index (Phi) is 4.55. The van der Waals surface area contributed by atoms with Crippen LogP contribution in [-0.4, -0.2) is 24.2 Å². The zero-order valence-corrected chi connectivity index (χ0v) is 12.3. The second-order valence-electron chi connectivity index (χ2n) is 5.14.